The third-order valence-electron chi connectivity index (χ3n) is 3.17. The predicted octanol–water partition coefficient (Wildman–Crippen LogP) is 2.01. The van der Waals surface area contributed by atoms with E-state index in [1.54, 1.807) is 0 Å². The molecule has 1 aliphatic rings. The van der Waals surface area contributed by atoms with Crippen LogP contribution in [0.1, 0.15) is 18.5 Å². The zero-order valence-corrected chi connectivity index (χ0v) is 11.2. The molecule has 0 amide bonds. The van der Waals surface area contributed by atoms with Gasteiger partial charge in [0, 0.05) is 29.8 Å². The molecule has 1 aromatic heterocycles. The summed E-state index contributed by atoms with van der Waals surface area (Å²) in [4.78, 5) is 6.71. The molecule has 0 saturated heterocycles. The van der Waals surface area contributed by atoms with Crippen molar-refractivity contribution >= 4 is 15.9 Å². The second kappa shape index (κ2) is 5.25. The van der Waals surface area contributed by atoms with E-state index in [0.29, 0.717) is 6.04 Å². The first-order valence-electron chi connectivity index (χ1n) is 5.71. The van der Waals surface area contributed by atoms with E-state index < -0.39 is 0 Å². The molecule has 4 heteroatoms. The van der Waals surface area contributed by atoms with Crippen LogP contribution in [-0.2, 0) is 6.54 Å². The minimum Gasteiger partial charge on any atom is -0.329 e. The third-order valence-corrected chi connectivity index (χ3v) is 3.64. The van der Waals surface area contributed by atoms with Crippen molar-refractivity contribution < 1.29 is 0 Å². The van der Waals surface area contributed by atoms with Crippen molar-refractivity contribution in [1.29, 1.82) is 0 Å². The van der Waals surface area contributed by atoms with Crippen molar-refractivity contribution in [3.05, 3.63) is 28.5 Å². The van der Waals surface area contributed by atoms with Crippen molar-refractivity contribution in [3.8, 4) is 0 Å². The van der Waals surface area contributed by atoms with Gasteiger partial charge in [-0.25, -0.2) is 0 Å². The SMILES string of the molecule is CN(Cc1ccc(Br)cn1)C(CN)C1CC1. The van der Waals surface area contributed by atoms with E-state index >= 15 is 0 Å². The number of aromatic nitrogens is 1. The first-order chi connectivity index (χ1) is 7.70. The lowest BCUT2D eigenvalue weighted by molar-refractivity contribution is 0.213. The maximum absolute atomic E-state index is 5.82. The Bertz CT molecular complexity index is 335. The maximum Gasteiger partial charge on any atom is 0.0544 e. The molecular weight excluding hydrogens is 266 g/mol. The molecule has 0 aromatic carbocycles. The Labute approximate surface area is 105 Å². The number of nitrogens with zero attached hydrogens (tertiary/aromatic N) is 2. The van der Waals surface area contributed by atoms with E-state index in [4.69, 9.17) is 5.73 Å². The number of pyridine rings is 1. The predicted molar refractivity (Wildman–Crippen MR) is 69.0 cm³/mol. The first kappa shape index (κ1) is 12.0. The molecule has 1 fully saturated rings. The summed E-state index contributed by atoms with van der Waals surface area (Å²) in [5.41, 5.74) is 6.92. The van der Waals surface area contributed by atoms with E-state index in [1.165, 1.54) is 12.8 Å². The zero-order valence-electron chi connectivity index (χ0n) is 9.56. The van der Waals surface area contributed by atoms with Crippen LogP contribution in [0.2, 0.25) is 0 Å². The van der Waals surface area contributed by atoms with Gasteiger partial charge in [-0.05, 0) is 53.9 Å². The Balaban J connectivity index is 1.94. The Morgan fingerprint density at radius 2 is 2.31 bits per heavy atom. The fourth-order valence-corrected chi connectivity index (χ4v) is 2.32. The third kappa shape index (κ3) is 3.03. The average molecular weight is 284 g/mol. The van der Waals surface area contributed by atoms with Crippen LogP contribution in [0.5, 0.6) is 0 Å². The van der Waals surface area contributed by atoms with Crippen LogP contribution in [0.25, 0.3) is 0 Å². The van der Waals surface area contributed by atoms with Gasteiger partial charge < -0.3 is 5.73 Å². The minimum absolute atomic E-state index is 0.519. The summed E-state index contributed by atoms with van der Waals surface area (Å²) < 4.78 is 1.02. The summed E-state index contributed by atoms with van der Waals surface area (Å²) in [5, 5.41) is 0. The molecule has 16 heavy (non-hydrogen) atoms. The van der Waals surface area contributed by atoms with Crippen LogP contribution in [-0.4, -0.2) is 29.5 Å². The summed E-state index contributed by atoms with van der Waals surface area (Å²) in [7, 11) is 2.14. The summed E-state index contributed by atoms with van der Waals surface area (Å²) in [6, 6.07) is 4.61. The van der Waals surface area contributed by atoms with Crippen molar-refractivity contribution in [2.75, 3.05) is 13.6 Å². The number of halogens is 1. The molecule has 0 bridgehead atoms. The Morgan fingerprint density at radius 3 is 2.81 bits per heavy atom. The molecule has 88 valence electrons. The Morgan fingerprint density at radius 1 is 1.56 bits per heavy atom. The highest BCUT2D eigenvalue weighted by atomic mass is 79.9. The van der Waals surface area contributed by atoms with Crippen LogP contribution in [0.4, 0.5) is 0 Å². The van der Waals surface area contributed by atoms with Crippen LogP contribution in [0.15, 0.2) is 22.8 Å². The smallest absolute Gasteiger partial charge is 0.0544 e. The van der Waals surface area contributed by atoms with E-state index in [-0.39, 0.29) is 0 Å². The summed E-state index contributed by atoms with van der Waals surface area (Å²) in [6.07, 6.45) is 4.51. The van der Waals surface area contributed by atoms with Crippen LogP contribution >= 0.6 is 15.9 Å². The van der Waals surface area contributed by atoms with E-state index in [9.17, 15) is 0 Å². The molecule has 2 rings (SSSR count). The lowest BCUT2D eigenvalue weighted by atomic mass is 10.1. The van der Waals surface area contributed by atoms with Crippen LogP contribution in [0, 0.1) is 5.92 Å². The van der Waals surface area contributed by atoms with Crippen molar-refractivity contribution in [2.24, 2.45) is 11.7 Å². The van der Waals surface area contributed by atoms with Gasteiger partial charge in [-0.3, -0.25) is 9.88 Å². The number of hydrogen-bond donors (Lipinski definition) is 1. The molecule has 0 aliphatic heterocycles. The second-order valence-corrected chi connectivity index (χ2v) is 5.44. The normalized spacial score (nSPS) is 17.8. The first-order valence-corrected chi connectivity index (χ1v) is 6.50. The number of likely N-dealkylation sites (N-methyl/N-ethyl adjacent to an activating group) is 1. The Hall–Kier alpha value is -0.450. The second-order valence-electron chi connectivity index (χ2n) is 4.52. The highest BCUT2D eigenvalue weighted by Gasteiger charge is 2.32. The van der Waals surface area contributed by atoms with Crippen molar-refractivity contribution in [1.82, 2.24) is 9.88 Å². The molecule has 3 nitrogen and oxygen atoms in total. The average Bonchev–Trinajstić information content (AvgIpc) is 3.07. The number of nitrogens with two attached hydrogens (primary N) is 1. The zero-order chi connectivity index (χ0) is 11.5. The monoisotopic (exact) mass is 283 g/mol. The Kier molecular flexibility index (Phi) is 3.95. The fraction of sp³-hybridized carbons (Fsp3) is 0.583. The van der Waals surface area contributed by atoms with Crippen LogP contribution in [0.3, 0.4) is 0 Å². The standard InChI is InChI=1S/C12H18BrN3/c1-16(12(6-14)9-2-3-9)8-11-5-4-10(13)7-15-11/h4-5,7,9,12H,2-3,6,8,14H2,1H3. The van der Waals surface area contributed by atoms with Gasteiger partial charge in [0.1, 0.15) is 0 Å². The van der Waals surface area contributed by atoms with Gasteiger partial charge in [0.05, 0.1) is 5.69 Å². The number of rotatable bonds is 5. The number of hydrogen-bond acceptors (Lipinski definition) is 3. The van der Waals surface area contributed by atoms with Crippen LogP contribution < -0.4 is 5.73 Å². The molecule has 0 radical (unpaired) electrons. The highest BCUT2D eigenvalue weighted by molar-refractivity contribution is 9.10. The lowest BCUT2D eigenvalue weighted by Gasteiger charge is -2.26. The van der Waals surface area contributed by atoms with Gasteiger partial charge in [-0.2, -0.15) is 0 Å². The van der Waals surface area contributed by atoms with Crippen molar-refractivity contribution in [3.63, 3.8) is 0 Å². The molecule has 1 aromatic rings. The molecule has 1 atom stereocenters. The molecule has 1 unspecified atom stereocenters. The maximum atomic E-state index is 5.82. The molecule has 2 N–H and O–H groups in total. The van der Waals surface area contributed by atoms with Gasteiger partial charge >= 0.3 is 0 Å². The summed E-state index contributed by atoms with van der Waals surface area (Å²) in [6.45, 7) is 1.63. The minimum atomic E-state index is 0.519. The van der Waals surface area contributed by atoms with Gasteiger partial charge in [-0.1, -0.05) is 0 Å². The van der Waals surface area contributed by atoms with Crippen molar-refractivity contribution in [2.45, 2.75) is 25.4 Å². The van der Waals surface area contributed by atoms with Gasteiger partial charge in [-0.15, -0.1) is 0 Å². The molecule has 1 saturated carbocycles. The molecule has 0 spiro atoms. The molecular formula is C12H18BrN3. The molecule has 1 heterocycles. The lowest BCUT2D eigenvalue weighted by Crippen LogP contribution is -2.39. The fourth-order valence-electron chi connectivity index (χ4n) is 2.09. The largest absolute Gasteiger partial charge is 0.329 e. The van der Waals surface area contributed by atoms with E-state index in [1.807, 2.05) is 12.3 Å². The topological polar surface area (TPSA) is 42.2 Å². The summed E-state index contributed by atoms with van der Waals surface area (Å²) >= 11 is 3.39. The van der Waals surface area contributed by atoms with E-state index in [0.717, 1.165) is 29.2 Å². The van der Waals surface area contributed by atoms with Gasteiger partial charge in [0.15, 0.2) is 0 Å². The quantitative estimate of drug-likeness (QED) is 0.899. The van der Waals surface area contributed by atoms with E-state index in [2.05, 4.69) is 38.9 Å². The molecule has 1 aliphatic carbocycles. The highest BCUT2D eigenvalue weighted by Crippen LogP contribution is 2.34. The van der Waals surface area contributed by atoms with Gasteiger partial charge in [0.2, 0.25) is 0 Å². The van der Waals surface area contributed by atoms with Gasteiger partial charge in [0.25, 0.3) is 0 Å². The summed E-state index contributed by atoms with van der Waals surface area (Å²) in [5.74, 6) is 0.811.